The summed E-state index contributed by atoms with van der Waals surface area (Å²) in [6, 6.07) is 4.36. The van der Waals surface area contributed by atoms with Crippen LogP contribution in [0.25, 0.3) is 22.2 Å². The molecule has 0 fully saturated rings. The Kier molecular flexibility index (Phi) is 4.85. The summed E-state index contributed by atoms with van der Waals surface area (Å²) >= 11 is 0. The molecule has 1 atom stereocenters. The van der Waals surface area contributed by atoms with Gasteiger partial charge in [0.1, 0.15) is 0 Å². The number of hydrogen-bond donors (Lipinski definition) is 2. The fourth-order valence-corrected chi connectivity index (χ4v) is 3.36. The lowest BCUT2D eigenvalue weighted by atomic mass is 9.96. The maximum Gasteiger partial charge on any atom is 0.220 e. The van der Waals surface area contributed by atoms with Crippen molar-refractivity contribution in [1.29, 1.82) is 0 Å². The first-order chi connectivity index (χ1) is 14.0. The van der Waals surface area contributed by atoms with Crippen molar-refractivity contribution in [2.75, 3.05) is 12.8 Å². The first-order valence-corrected chi connectivity index (χ1v) is 9.41. The number of nitrogens with one attached hydrogen (secondary N) is 1. The van der Waals surface area contributed by atoms with Gasteiger partial charge in [0.25, 0.3) is 0 Å². The molecule has 148 valence electrons. The highest BCUT2D eigenvalue weighted by atomic mass is 15.2. The minimum atomic E-state index is 0.167. The monoisotopic (exact) mass is 388 g/mol. The molecular formula is C21H24N8. The third-order valence-corrected chi connectivity index (χ3v) is 5.01. The van der Waals surface area contributed by atoms with Crippen LogP contribution >= 0.6 is 0 Å². The van der Waals surface area contributed by atoms with Crippen LogP contribution in [0.4, 0.5) is 5.95 Å². The van der Waals surface area contributed by atoms with E-state index in [1.165, 1.54) is 0 Å². The zero-order valence-electron chi connectivity index (χ0n) is 17.0. The lowest BCUT2D eigenvalue weighted by Crippen LogP contribution is -2.19. The number of rotatable bonds is 5. The molecule has 8 nitrogen and oxygen atoms in total. The van der Waals surface area contributed by atoms with Crippen LogP contribution in [0.2, 0.25) is 0 Å². The number of aryl methyl sites for hydroxylation is 2. The summed E-state index contributed by atoms with van der Waals surface area (Å²) in [5.41, 5.74) is 12.7. The van der Waals surface area contributed by atoms with Gasteiger partial charge in [-0.3, -0.25) is 4.68 Å². The molecule has 0 unspecified atom stereocenters. The van der Waals surface area contributed by atoms with Crippen molar-refractivity contribution in [2.45, 2.75) is 19.9 Å². The van der Waals surface area contributed by atoms with E-state index < -0.39 is 0 Å². The van der Waals surface area contributed by atoms with Gasteiger partial charge in [0.15, 0.2) is 0 Å². The van der Waals surface area contributed by atoms with Crippen LogP contribution in [0.15, 0.2) is 49.2 Å². The highest BCUT2D eigenvalue weighted by Crippen LogP contribution is 2.30. The van der Waals surface area contributed by atoms with Crippen LogP contribution in [-0.4, -0.2) is 42.5 Å². The van der Waals surface area contributed by atoms with Crippen molar-refractivity contribution >= 4 is 17.0 Å². The van der Waals surface area contributed by atoms with Crippen molar-refractivity contribution in [1.82, 2.24) is 34.7 Å². The summed E-state index contributed by atoms with van der Waals surface area (Å²) in [4.78, 5) is 8.57. The smallest absolute Gasteiger partial charge is 0.220 e. The second-order valence-electron chi connectivity index (χ2n) is 7.09. The first-order valence-electron chi connectivity index (χ1n) is 9.41. The fourth-order valence-electron chi connectivity index (χ4n) is 3.36. The van der Waals surface area contributed by atoms with Gasteiger partial charge in [-0.2, -0.15) is 10.2 Å². The molecular weight excluding hydrogens is 364 g/mol. The zero-order valence-corrected chi connectivity index (χ0v) is 17.0. The van der Waals surface area contributed by atoms with Crippen molar-refractivity contribution in [3.05, 3.63) is 66.0 Å². The van der Waals surface area contributed by atoms with Crippen LogP contribution in [0.5, 0.6) is 0 Å². The first kappa shape index (κ1) is 18.8. The van der Waals surface area contributed by atoms with Gasteiger partial charge >= 0.3 is 0 Å². The second kappa shape index (κ2) is 7.48. The molecule has 0 aliphatic rings. The van der Waals surface area contributed by atoms with Gasteiger partial charge in [0.2, 0.25) is 5.95 Å². The fraction of sp³-hybridized carbons (Fsp3) is 0.238. The number of anilines is 1. The molecule has 8 heteroatoms. The van der Waals surface area contributed by atoms with Gasteiger partial charge in [-0.25, -0.2) is 14.5 Å². The molecule has 0 saturated heterocycles. The number of fused-ring (bicyclic) bond motifs is 1. The summed E-state index contributed by atoms with van der Waals surface area (Å²) in [5.74, 6) is 0.275. The predicted molar refractivity (Wildman–Crippen MR) is 114 cm³/mol. The molecule has 4 aromatic heterocycles. The van der Waals surface area contributed by atoms with E-state index in [9.17, 15) is 0 Å². The van der Waals surface area contributed by atoms with Gasteiger partial charge < -0.3 is 11.1 Å². The number of likely N-dealkylation sites (N-methyl/N-ethyl adjacent to an activating group) is 1. The van der Waals surface area contributed by atoms with Crippen LogP contribution in [0.1, 0.15) is 23.7 Å². The molecule has 0 bridgehead atoms. The van der Waals surface area contributed by atoms with Crippen molar-refractivity contribution in [3.63, 3.8) is 0 Å². The van der Waals surface area contributed by atoms with Crippen molar-refractivity contribution in [3.8, 4) is 11.1 Å². The Hall–Kier alpha value is -3.52. The van der Waals surface area contributed by atoms with Crippen LogP contribution < -0.4 is 11.1 Å². The zero-order chi connectivity index (χ0) is 20.5. The number of nitrogens with zero attached hydrogens (tertiary/aromatic N) is 6. The third kappa shape index (κ3) is 3.62. The van der Waals surface area contributed by atoms with Gasteiger partial charge in [-0.1, -0.05) is 6.08 Å². The molecule has 4 heterocycles. The molecule has 0 radical (unpaired) electrons. The standard InChI is InChI=1S/C21H24N8/c1-13(23-3)7-17(18-10-24-21(22)27-14(18)2)15-5-6-29-20(8-15)19(11-26-29)16-9-25-28(4)12-16/h5-13,23H,1-4H3,(H2,22,24,27)/b17-7-/t13-/m1/s1. The largest absolute Gasteiger partial charge is 0.368 e. The average molecular weight is 388 g/mol. The number of nitrogens with two attached hydrogens (primary N) is 1. The molecule has 4 aromatic rings. The van der Waals surface area contributed by atoms with Crippen LogP contribution in [0, 0.1) is 6.92 Å². The van der Waals surface area contributed by atoms with E-state index in [4.69, 9.17) is 5.73 Å². The molecule has 0 aromatic carbocycles. The maximum absolute atomic E-state index is 5.77. The number of nitrogen functional groups attached to an aromatic ring is 1. The highest BCUT2D eigenvalue weighted by Gasteiger charge is 2.15. The van der Waals surface area contributed by atoms with E-state index in [-0.39, 0.29) is 12.0 Å². The molecule has 0 saturated carbocycles. The third-order valence-electron chi connectivity index (χ3n) is 5.01. The summed E-state index contributed by atoms with van der Waals surface area (Å²) < 4.78 is 3.66. The van der Waals surface area contributed by atoms with Crippen LogP contribution in [0.3, 0.4) is 0 Å². The predicted octanol–water partition coefficient (Wildman–Crippen LogP) is 2.46. The van der Waals surface area contributed by atoms with Gasteiger partial charge in [-0.15, -0.1) is 0 Å². The SMILES string of the molecule is CN[C@H](C)/C=C(/c1ccn2ncc(-c3cnn(C)c3)c2c1)c1cnc(N)nc1C. The van der Waals surface area contributed by atoms with Crippen LogP contribution in [-0.2, 0) is 7.05 Å². The summed E-state index contributed by atoms with van der Waals surface area (Å²) in [7, 11) is 3.84. The lowest BCUT2D eigenvalue weighted by molar-refractivity contribution is 0.730. The molecule has 0 aliphatic carbocycles. The van der Waals surface area contributed by atoms with E-state index in [1.807, 2.05) is 50.3 Å². The Morgan fingerprint density at radius 3 is 2.76 bits per heavy atom. The lowest BCUT2D eigenvalue weighted by Gasteiger charge is -2.14. The molecule has 0 aliphatic heterocycles. The molecule has 4 rings (SSSR count). The molecule has 3 N–H and O–H groups in total. The van der Waals surface area contributed by atoms with E-state index in [1.54, 1.807) is 10.9 Å². The minimum Gasteiger partial charge on any atom is -0.368 e. The second-order valence-corrected chi connectivity index (χ2v) is 7.09. The summed E-state index contributed by atoms with van der Waals surface area (Å²) in [6.45, 7) is 4.05. The average Bonchev–Trinajstić information content (AvgIpc) is 3.31. The Balaban J connectivity index is 1.89. The number of hydrogen-bond acceptors (Lipinski definition) is 6. The quantitative estimate of drug-likeness (QED) is 0.545. The van der Waals surface area contributed by atoms with E-state index in [0.717, 1.165) is 39.0 Å². The molecule has 0 spiro atoms. The van der Waals surface area contributed by atoms with E-state index in [0.29, 0.717) is 0 Å². The highest BCUT2D eigenvalue weighted by molar-refractivity contribution is 5.86. The van der Waals surface area contributed by atoms with Gasteiger partial charge in [0.05, 0.1) is 23.6 Å². The Morgan fingerprint density at radius 2 is 2.07 bits per heavy atom. The Morgan fingerprint density at radius 1 is 1.24 bits per heavy atom. The topological polar surface area (TPSA) is 99.0 Å². The number of aromatic nitrogens is 6. The van der Waals surface area contributed by atoms with E-state index >= 15 is 0 Å². The van der Waals surface area contributed by atoms with E-state index in [2.05, 4.69) is 50.6 Å². The molecule has 29 heavy (non-hydrogen) atoms. The number of pyridine rings is 1. The van der Waals surface area contributed by atoms with Gasteiger partial charge in [0, 0.05) is 48.4 Å². The summed E-state index contributed by atoms with van der Waals surface area (Å²) in [5, 5.41) is 12.0. The molecule has 0 amide bonds. The Labute approximate surface area is 169 Å². The van der Waals surface area contributed by atoms with Crippen molar-refractivity contribution < 1.29 is 0 Å². The normalized spacial score (nSPS) is 13.2. The van der Waals surface area contributed by atoms with Crippen molar-refractivity contribution in [2.24, 2.45) is 7.05 Å². The maximum atomic E-state index is 5.77. The van der Waals surface area contributed by atoms with Gasteiger partial charge in [-0.05, 0) is 44.2 Å². The minimum absolute atomic E-state index is 0.167. The summed E-state index contributed by atoms with van der Waals surface area (Å²) in [6.07, 6.45) is 11.6. The Bertz CT molecular complexity index is 1200.